The third-order valence-corrected chi connectivity index (χ3v) is 3.62. The molecule has 19 heavy (non-hydrogen) atoms. The maximum Gasteiger partial charge on any atom is 0.304 e. The molecule has 5 heteroatoms. The summed E-state index contributed by atoms with van der Waals surface area (Å²) in [5, 5.41) is 9.54. The number of nitrogens with zero attached hydrogens (tertiary/aromatic N) is 1. The van der Waals surface area contributed by atoms with E-state index in [1.165, 1.54) is 0 Å². The zero-order chi connectivity index (χ0) is 13.7. The Kier molecular flexibility index (Phi) is 5.05. The van der Waals surface area contributed by atoms with Gasteiger partial charge in [-0.25, -0.2) is 0 Å². The van der Waals surface area contributed by atoms with Crippen molar-refractivity contribution in [2.75, 3.05) is 19.7 Å². The monoisotopic (exact) mass is 283 g/mol. The average Bonchev–Trinajstić information content (AvgIpc) is 2.78. The van der Waals surface area contributed by atoms with E-state index < -0.39 is 5.97 Å². The smallest absolute Gasteiger partial charge is 0.304 e. The average molecular weight is 284 g/mol. The van der Waals surface area contributed by atoms with Gasteiger partial charge in [-0.2, -0.15) is 0 Å². The lowest BCUT2D eigenvalue weighted by Crippen LogP contribution is -2.34. The van der Waals surface area contributed by atoms with Crippen LogP contribution in [-0.2, 0) is 4.79 Å². The molecule has 104 valence electrons. The van der Waals surface area contributed by atoms with Gasteiger partial charge in [0.25, 0.3) is 0 Å². The van der Waals surface area contributed by atoms with Crippen LogP contribution in [0.25, 0.3) is 0 Å². The first-order valence-corrected chi connectivity index (χ1v) is 6.87. The lowest BCUT2D eigenvalue weighted by Gasteiger charge is -2.22. The zero-order valence-corrected chi connectivity index (χ0v) is 11.5. The van der Waals surface area contributed by atoms with E-state index >= 15 is 0 Å². The third-order valence-electron chi connectivity index (χ3n) is 3.37. The Hall–Kier alpha value is -1.26. The van der Waals surface area contributed by atoms with E-state index in [2.05, 4.69) is 4.90 Å². The molecule has 2 rings (SSSR count). The van der Waals surface area contributed by atoms with E-state index in [0.29, 0.717) is 11.6 Å². The van der Waals surface area contributed by atoms with Gasteiger partial charge in [-0.05, 0) is 43.7 Å². The van der Waals surface area contributed by atoms with Gasteiger partial charge in [-0.15, -0.1) is 0 Å². The van der Waals surface area contributed by atoms with Crippen LogP contribution in [0, 0.1) is 0 Å². The number of benzene rings is 1. The second-order valence-electron chi connectivity index (χ2n) is 4.73. The van der Waals surface area contributed by atoms with Crippen LogP contribution in [-0.4, -0.2) is 41.7 Å². The summed E-state index contributed by atoms with van der Waals surface area (Å²) in [7, 11) is 0. The van der Waals surface area contributed by atoms with E-state index in [0.717, 1.165) is 31.7 Å². The Morgan fingerprint density at radius 1 is 1.42 bits per heavy atom. The predicted molar refractivity (Wildman–Crippen MR) is 73.8 cm³/mol. The fourth-order valence-corrected chi connectivity index (χ4v) is 2.56. The van der Waals surface area contributed by atoms with Crippen LogP contribution in [0.1, 0.15) is 19.3 Å². The summed E-state index contributed by atoms with van der Waals surface area (Å²) in [4.78, 5) is 13.0. The number of halogens is 1. The number of carboxylic acid groups (broad SMARTS) is 1. The molecule has 0 radical (unpaired) electrons. The highest BCUT2D eigenvalue weighted by molar-refractivity contribution is 6.30. The highest BCUT2D eigenvalue weighted by Gasteiger charge is 2.26. The Balaban J connectivity index is 1.75. The van der Waals surface area contributed by atoms with Crippen molar-refractivity contribution in [1.82, 2.24) is 4.90 Å². The molecule has 0 saturated carbocycles. The molecule has 0 spiro atoms. The van der Waals surface area contributed by atoms with Crippen LogP contribution in [0.2, 0.25) is 5.02 Å². The molecule has 1 aliphatic heterocycles. The summed E-state index contributed by atoms with van der Waals surface area (Å²) in [5.74, 6) is 0.0638. The minimum atomic E-state index is -0.726. The first-order valence-electron chi connectivity index (χ1n) is 6.49. The molecule has 1 heterocycles. The quantitative estimate of drug-likeness (QED) is 0.872. The molecule has 0 aliphatic carbocycles. The summed E-state index contributed by atoms with van der Waals surface area (Å²) in [5.41, 5.74) is 0. The lowest BCUT2D eigenvalue weighted by atomic mass is 10.1. The Morgan fingerprint density at radius 2 is 2.16 bits per heavy atom. The van der Waals surface area contributed by atoms with Crippen LogP contribution >= 0.6 is 11.6 Å². The number of hydrogen-bond acceptors (Lipinski definition) is 3. The largest absolute Gasteiger partial charge is 0.492 e. The summed E-state index contributed by atoms with van der Waals surface area (Å²) < 4.78 is 5.63. The molecule has 1 N–H and O–H groups in total. The van der Waals surface area contributed by atoms with Gasteiger partial charge in [-0.3, -0.25) is 9.69 Å². The van der Waals surface area contributed by atoms with Crippen LogP contribution in [0.4, 0.5) is 0 Å². The minimum Gasteiger partial charge on any atom is -0.492 e. The van der Waals surface area contributed by atoms with Crippen molar-refractivity contribution < 1.29 is 14.6 Å². The molecule has 1 fully saturated rings. The maximum absolute atomic E-state index is 10.8. The van der Waals surface area contributed by atoms with Gasteiger partial charge in [0.05, 0.1) is 6.42 Å². The molecule has 1 unspecified atom stereocenters. The zero-order valence-electron chi connectivity index (χ0n) is 10.7. The van der Waals surface area contributed by atoms with E-state index in [1.54, 1.807) is 12.1 Å². The molecule has 0 amide bonds. The van der Waals surface area contributed by atoms with Crippen LogP contribution in [0.5, 0.6) is 5.75 Å². The molecule has 1 aliphatic rings. The van der Waals surface area contributed by atoms with Crippen molar-refractivity contribution in [2.45, 2.75) is 25.3 Å². The van der Waals surface area contributed by atoms with Crippen molar-refractivity contribution in [2.24, 2.45) is 0 Å². The summed E-state index contributed by atoms with van der Waals surface area (Å²) in [6.45, 7) is 2.29. The molecule has 1 atom stereocenters. The molecule has 0 aromatic heterocycles. The molecule has 1 saturated heterocycles. The fourth-order valence-electron chi connectivity index (χ4n) is 2.43. The van der Waals surface area contributed by atoms with Crippen molar-refractivity contribution >= 4 is 17.6 Å². The predicted octanol–water partition coefficient (Wildman–Crippen LogP) is 2.66. The number of aliphatic carboxylic acids is 1. The molecule has 1 aromatic rings. The van der Waals surface area contributed by atoms with Gasteiger partial charge in [-0.1, -0.05) is 11.6 Å². The SMILES string of the molecule is O=C(O)CC1CCCN1CCOc1ccc(Cl)cc1. The third kappa shape index (κ3) is 4.40. The standard InChI is InChI=1S/C14H18ClNO3/c15-11-3-5-13(6-4-11)19-9-8-16-7-1-2-12(16)10-14(17)18/h3-6,12H,1-2,7-10H2,(H,17,18). The van der Waals surface area contributed by atoms with Crippen LogP contribution in [0.3, 0.4) is 0 Å². The topological polar surface area (TPSA) is 49.8 Å². The van der Waals surface area contributed by atoms with Gasteiger partial charge < -0.3 is 9.84 Å². The summed E-state index contributed by atoms with van der Waals surface area (Å²) >= 11 is 5.80. The fraction of sp³-hybridized carbons (Fsp3) is 0.500. The second kappa shape index (κ2) is 6.78. The minimum absolute atomic E-state index is 0.159. The maximum atomic E-state index is 10.8. The van der Waals surface area contributed by atoms with Crippen molar-refractivity contribution in [3.05, 3.63) is 29.3 Å². The summed E-state index contributed by atoms with van der Waals surface area (Å²) in [6, 6.07) is 7.41. The van der Waals surface area contributed by atoms with Crippen LogP contribution in [0.15, 0.2) is 24.3 Å². The van der Waals surface area contributed by atoms with E-state index in [-0.39, 0.29) is 12.5 Å². The number of likely N-dealkylation sites (tertiary alicyclic amines) is 1. The number of hydrogen-bond donors (Lipinski definition) is 1. The van der Waals surface area contributed by atoms with Crippen molar-refractivity contribution in [3.63, 3.8) is 0 Å². The first kappa shape index (κ1) is 14.2. The highest BCUT2D eigenvalue weighted by Crippen LogP contribution is 2.20. The van der Waals surface area contributed by atoms with E-state index in [4.69, 9.17) is 21.4 Å². The van der Waals surface area contributed by atoms with Gasteiger partial charge >= 0.3 is 5.97 Å². The molecular formula is C14H18ClNO3. The number of ether oxygens (including phenoxy) is 1. The Bertz CT molecular complexity index is 421. The number of carboxylic acids is 1. The van der Waals surface area contributed by atoms with Crippen LogP contribution < -0.4 is 4.74 Å². The summed E-state index contributed by atoms with van der Waals surface area (Å²) in [6.07, 6.45) is 2.26. The van der Waals surface area contributed by atoms with Crippen molar-refractivity contribution in [3.8, 4) is 5.75 Å². The van der Waals surface area contributed by atoms with Crippen molar-refractivity contribution in [1.29, 1.82) is 0 Å². The molecule has 4 nitrogen and oxygen atoms in total. The Morgan fingerprint density at radius 3 is 2.84 bits per heavy atom. The van der Waals surface area contributed by atoms with Gasteiger partial charge in [0.2, 0.25) is 0 Å². The van der Waals surface area contributed by atoms with Gasteiger partial charge in [0.15, 0.2) is 0 Å². The Labute approximate surface area is 117 Å². The first-order chi connectivity index (χ1) is 9.15. The van der Waals surface area contributed by atoms with E-state index in [1.807, 2.05) is 12.1 Å². The molecule has 0 bridgehead atoms. The lowest BCUT2D eigenvalue weighted by molar-refractivity contribution is -0.138. The normalized spacial score (nSPS) is 19.5. The second-order valence-corrected chi connectivity index (χ2v) is 5.17. The van der Waals surface area contributed by atoms with E-state index in [9.17, 15) is 4.79 Å². The number of carbonyl (C=O) groups is 1. The van der Waals surface area contributed by atoms with Gasteiger partial charge in [0.1, 0.15) is 12.4 Å². The molecule has 1 aromatic carbocycles. The number of rotatable bonds is 6. The molecular weight excluding hydrogens is 266 g/mol. The highest BCUT2D eigenvalue weighted by atomic mass is 35.5. The van der Waals surface area contributed by atoms with Gasteiger partial charge in [0, 0.05) is 17.6 Å².